The van der Waals surface area contributed by atoms with E-state index in [0.717, 1.165) is 11.1 Å². The maximum atomic E-state index is 12.6. The van der Waals surface area contributed by atoms with E-state index in [1.54, 1.807) is 35.9 Å². The number of hydrogen-bond donors (Lipinski definition) is 1. The van der Waals surface area contributed by atoms with Gasteiger partial charge in [-0.15, -0.1) is 0 Å². The van der Waals surface area contributed by atoms with Gasteiger partial charge >= 0.3 is 12.1 Å². The largest absolute Gasteiger partial charge is 0.461 e. The summed E-state index contributed by atoms with van der Waals surface area (Å²) in [6.07, 6.45) is 2.73. The highest BCUT2D eigenvalue weighted by Crippen LogP contribution is 2.44. The van der Waals surface area contributed by atoms with Gasteiger partial charge in [0, 0.05) is 18.3 Å². The van der Waals surface area contributed by atoms with Crippen molar-refractivity contribution in [1.29, 1.82) is 0 Å². The van der Waals surface area contributed by atoms with Crippen LogP contribution < -0.4 is 5.32 Å². The summed E-state index contributed by atoms with van der Waals surface area (Å²) in [6.45, 7) is 2.21. The van der Waals surface area contributed by atoms with E-state index in [0.29, 0.717) is 11.3 Å². The second-order valence-electron chi connectivity index (χ2n) is 7.45. The highest BCUT2D eigenvalue weighted by Gasteiger charge is 2.29. The standard InChI is InChI=1S/C25H21N3O4/c1-2-31-24(29)22-14-28-13-7-12-21(23(28)26-22)27-25(30)32-15-20-18-10-5-3-8-16(18)17-9-4-6-11-19(17)20/h3-14,20H,2,15H2,1H3,(H,27,30). The van der Waals surface area contributed by atoms with E-state index in [1.807, 2.05) is 24.3 Å². The average Bonchev–Trinajstić information content (AvgIpc) is 3.38. The number of pyridine rings is 1. The molecule has 1 aliphatic rings. The summed E-state index contributed by atoms with van der Waals surface area (Å²) in [7, 11) is 0. The predicted octanol–water partition coefficient (Wildman–Crippen LogP) is 4.87. The van der Waals surface area contributed by atoms with Gasteiger partial charge in [0.15, 0.2) is 11.3 Å². The summed E-state index contributed by atoms with van der Waals surface area (Å²) in [5.41, 5.74) is 5.70. The van der Waals surface area contributed by atoms with Crippen molar-refractivity contribution in [3.63, 3.8) is 0 Å². The van der Waals surface area contributed by atoms with Gasteiger partial charge in [0.2, 0.25) is 0 Å². The number of rotatable bonds is 5. The molecule has 1 amide bonds. The molecular formula is C25H21N3O4. The molecule has 2 heterocycles. The number of nitrogens with one attached hydrogen (secondary N) is 1. The number of carbonyl (C=O) groups excluding carboxylic acids is 2. The molecule has 160 valence electrons. The average molecular weight is 427 g/mol. The fraction of sp³-hybridized carbons (Fsp3) is 0.160. The lowest BCUT2D eigenvalue weighted by atomic mass is 9.98. The molecule has 4 aromatic rings. The van der Waals surface area contributed by atoms with Gasteiger partial charge < -0.3 is 13.9 Å². The molecule has 0 unspecified atom stereocenters. The van der Waals surface area contributed by atoms with E-state index in [-0.39, 0.29) is 24.8 Å². The Labute approximate surface area is 184 Å². The molecule has 1 N–H and O–H groups in total. The zero-order valence-corrected chi connectivity index (χ0v) is 17.4. The topological polar surface area (TPSA) is 81.9 Å². The minimum atomic E-state index is -0.583. The lowest BCUT2D eigenvalue weighted by Crippen LogP contribution is -2.18. The Morgan fingerprint density at radius 2 is 1.66 bits per heavy atom. The minimum absolute atomic E-state index is 0.0224. The molecule has 0 bridgehead atoms. The van der Waals surface area contributed by atoms with Crippen molar-refractivity contribution in [2.45, 2.75) is 12.8 Å². The van der Waals surface area contributed by atoms with Gasteiger partial charge in [0.25, 0.3) is 0 Å². The van der Waals surface area contributed by atoms with Crippen LogP contribution in [0.4, 0.5) is 10.5 Å². The Bertz CT molecular complexity index is 1280. The van der Waals surface area contributed by atoms with Gasteiger partial charge in [0.1, 0.15) is 6.61 Å². The monoisotopic (exact) mass is 427 g/mol. The fourth-order valence-corrected chi connectivity index (χ4v) is 4.16. The van der Waals surface area contributed by atoms with Crippen molar-refractivity contribution in [3.8, 4) is 11.1 Å². The number of nitrogens with zero attached hydrogens (tertiary/aromatic N) is 2. The number of hydrogen-bond acceptors (Lipinski definition) is 5. The first-order valence-electron chi connectivity index (χ1n) is 10.4. The van der Waals surface area contributed by atoms with Crippen LogP contribution in [0, 0.1) is 0 Å². The molecule has 2 aromatic heterocycles. The molecule has 0 radical (unpaired) electrons. The van der Waals surface area contributed by atoms with Gasteiger partial charge in [-0.3, -0.25) is 5.32 Å². The zero-order valence-electron chi connectivity index (χ0n) is 17.4. The molecule has 0 fully saturated rings. The highest BCUT2D eigenvalue weighted by atomic mass is 16.5. The van der Waals surface area contributed by atoms with Crippen LogP contribution in [-0.4, -0.2) is 34.7 Å². The van der Waals surface area contributed by atoms with Crippen LogP contribution in [0.15, 0.2) is 73.1 Å². The van der Waals surface area contributed by atoms with Crippen molar-refractivity contribution in [3.05, 3.63) is 89.9 Å². The molecule has 32 heavy (non-hydrogen) atoms. The second kappa shape index (κ2) is 8.19. The number of amides is 1. The first-order chi connectivity index (χ1) is 15.7. The van der Waals surface area contributed by atoms with E-state index < -0.39 is 12.1 Å². The lowest BCUT2D eigenvalue weighted by molar-refractivity contribution is 0.0520. The third-order valence-electron chi connectivity index (χ3n) is 5.55. The number of imidazole rings is 1. The molecular weight excluding hydrogens is 406 g/mol. The summed E-state index contributed by atoms with van der Waals surface area (Å²) in [5.74, 6) is -0.533. The van der Waals surface area contributed by atoms with E-state index in [1.165, 1.54) is 11.1 Å². The predicted molar refractivity (Wildman–Crippen MR) is 120 cm³/mol. The SMILES string of the molecule is CCOC(=O)c1cn2cccc(NC(=O)OCC3c4ccccc4-c4ccccc43)c2n1. The molecule has 0 saturated heterocycles. The maximum Gasteiger partial charge on any atom is 0.411 e. The van der Waals surface area contributed by atoms with E-state index in [9.17, 15) is 9.59 Å². The molecule has 1 aliphatic carbocycles. The van der Waals surface area contributed by atoms with Crippen molar-refractivity contribution in [1.82, 2.24) is 9.38 Å². The Balaban J connectivity index is 1.33. The number of fused-ring (bicyclic) bond motifs is 4. The first-order valence-corrected chi connectivity index (χ1v) is 10.4. The molecule has 7 nitrogen and oxygen atoms in total. The second-order valence-corrected chi connectivity index (χ2v) is 7.45. The molecule has 7 heteroatoms. The normalized spacial score (nSPS) is 12.3. The Morgan fingerprint density at radius 1 is 0.969 bits per heavy atom. The van der Waals surface area contributed by atoms with Crippen molar-refractivity contribution < 1.29 is 19.1 Å². The van der Waals surface area contributed by atoms with Gasteiger partial charge in [-0.2, -0.15) is 0 Å². The van der Waals surface area contributed by atoms with E-state index in [4.69, 9.17) is 9.47 Å². The lowest BCUT2D eigenvalue weighted by Gasteiger charge is -2.14. The first kappa shape index (κ1) is 19.8. The van der Waals surface area contributed by atoms with Gasteiger partial charge in [-0.25, -0.2) is 14.6 Å². The van der Waals surface area contributed by atoms with Crippen molar-refractivity contribution >= 4 is 23.4 Å². The van der Waals surface area contributed by atoms with E-state index in [2.05, 4.69) is 34.6 Å². The van der Waals surface area contributed by atoms with Crippen LogP contribution >= 0.6 is 0 Å². The third-order valence-corrected chi connectivity index (χ3v) is 5.55. The van der Waals surface area contributed by atoms with Crippen LogP contribution in [0.1, 0.15) is 34.5 Å². The van der Waals surface area contributed by atoms with Gasteiger partial charge in [-0.05, 0) is 41.3 Å². The highest BCUT2D eigenvalue weighted by molar-refractivity contribution is 5.92. The molecule has 2 aromatic carbocycles. The number of benzene rings is 2. The number of carbonyl (C=O) groups is 2. The quantitative estimate of drug-likeness (QED) is 0.460. The Morgan fingerprint density at radius 3 is 2.34 bits per heavy atom. The number of anilines is 1. The number of aromatic nitrogens is 2. The molecule has 0 spiro atoms. The van der Waals surface area contributed by atoms with Crippen molar-refractivity contribution in [2.24, 2.45) is 0 Å². The summed E-state index contributed by atoms with van der Waals surface area (Å²) in [6, 6.07) is 19.8. The number of ether oxygens (including phenoxy) is 2. The maximum absolute atomic E-state index is 12.6. The zero-order chi connectivity index (χ0) is 22.1. The third kappa shape index (κ3) is 3.47. The Hall–Kier alpha value is -4.13. The summed E-state index contributed by atoms with van der Waals surface area (Å²) < 4.78 is 12.3. The smallest absolute Gasteiger partial charge is 0.411 e. The molecule has 0 saturated carbocycles. The van der Waals surface area contributed by atoms with Crippen LogP contribution in [0.5, 0.6) is 0 Å². The number of esters is 1. The fourth-order valence-electron chi connectivity index (χ4n) is 4.16. The summed E-state index contributed by atoms with van der Waals surface area (Å²) >= 11 is 0. The van der Waals surface area contributed by atoms with Crippen LogP contribution in [0.25, 0.3) is 16.8 Å². The van der Waals surface area contributed by atoms with Crippen LogP contribution in [0.3, 0.4) is 0 Å². The molecule has 5 rings (SSSR count). The summed E-state index contributed by atoms with van der Waals surface area (Å²) in [5, 5.41) is 2.74. The van der Waals surface area contributed by atoms with Crippen LogP contribution in [0.2, 0.25) is 0 Å². The van der Waals surface area contributed by atoms with Gasteiger partial charge in [-0.1, -0.05) is 48.5 Å². The molecule has 0 atom stereocenters. The van der Waals surface area contributed by atoms with Gasteiger partial charge in [0.05, 0.1) is 12.3 Å². The van der Waals surface area contributed by atoms with E-state index >= 15 is 0 Å². The Kier molecular flexibility index (Phi) is 5.07. The van der Waals surface area contributed by atoms with Crippen molar-refractivity contribution in [2.75, 3.05) is 18.5 Å². The summed E-state index contributed by atoms with van der Waals surface area (Å²) in [4.78, 5) is 28.9. The minimum Gasteiger partial charge on any atom is -0.461 e. The van der Waals surface area contributed by atoms with Crippen LogP contribution in [-0.2, 0) is 9.47 Å². The molecule has 0 aliphatic heterocycles.